The van der Waals surface area contributed by atoms with E-state index in [1.54, 1.807) is 0 Å². The lowest BCUT2D eigenvalue weighted by Gasteiger charge is -2.13. The second-order valence-electron chi connectivity index (χ2n) is 4.94. The van der Waals surface area contributed by atoms with E-state index in [0.29, 0.717) is 0 Å². The fourth-order valence-electron chi connectivity index (χ4n) is 1.57. The van der Waals surface area contributed by atoms with Crippen LogP contribution in [0.5, 0.6) is 0 Å². The number of rotatable bonds is 1. The fourth-order valence-corrected chi connectivity index (χ4v) is 4.71. The number of thiophene rings is 1. The third kappa shape index (κ3) is 1.83. The van der Waals surface area contributed by atoms with Crippen LogP contribution in [0.15, 0.2) is 5.38 Å². The molecule has 0 fully saturated rings. The molecule has 0 spiro atoms. The van der Waals surface area contributed by atoms with Gasteiger partial charge in [-0.25, -0.2) is 9.97 Å². The van der Waals surface area contributed by atoms with Gasteiger partial charge < -0.3 is 0 Å². The zero-order chi connectivity index (χ0) is 11.2. The molecular weight excluding hydrogens is 220 g/mol. The van der Waals surface area contributed by atoms with Gasteiger partial charge in [0, 0.05) is 9.88 Å². The van der Waals surface area contributed by atoms with Gasteiger partial charge in [0.2, 0.25) is 0 Å². The maximum Gasteiger partial charge on any atom is 0.0995 e. The lowest BCUT2D eigenvalue weighted by Crippen LogP contribution is -2.35. The molecule has 0 unspecified atom stereocenters. The van der Waals surface area contributed by atoms with Crippen molar-refractivity contribution in [3.05, 3.63) is 16.8 Å². The van der Waals surface area contributed by atoms with Crippen molar-refractivity contribution in [3.63, 3.8) is 0 Å². The summed E-state index contributed by atoms with van der Waals surface area (Å²) in [5, 5.41) is 2.14. The van der Waals surface area contributed by atoms with Gasteiger partial charge in [0.05, 0.1) is 30.5 Å². The average molecular weight is 236 g/mol. The number of aryl methyl sites for hydroxylation is 2. The Labute approximate surface area is 95.4 Å². The molecule has 0 amide bonds. The molecule has 2 aromatic heterocycles. The van der Waals surface area contributed by atoms with E-state index in [-0.39, 0.29) is 0 Å². The number of aromatic nitrogens is 2. The lowest BCUT2D eigenvalue weighted by atomic mass is 10.3. The highest BCUT2D eigenvalue weighted by molar-refractivity contribution is 7.27. The third-order valence-corrected chi connectivity index (χ3v) is 7.08. The SMILES string of the molecule is Cc1nc2csc([Si](C)(C)C)c2nc1C. The van der Waals surface area contributed by atoms with Gasteiger partial charge in [-0.2, -0.15) is 0 Å². The topological polar surface area (TPSA) is 25.8 Å². The fraction of sp³-hybridized carbons (Fsp3) is 0.455. The van der Waals surface area contributed by atoms with E-state index in [4.69, 9.17) is 0 Å². The van der Waals surface area contributed by atoms with Crippen molar-refractivity contribution >= 4 is 34.9 Å². The van der Waals surface area contributed by atoms with Crippen molar-refractivity contribution in [3.8, 4) is 0 Å². The second-order valence-corrected chi connectivity index (χ2v) is 11.2. The predicted molar refractivity (Wildman–Crippen MR) is 69.9 cm³/mol. The number of hydrogen-bond donors (Lipinski definition) is 0. The number of fused-ring (bicyclic) bond motifs is 1. The molecule has 0 N–H and O–H groups in total. The smallest absolute Gasteiger partial charge is 0.0995 e. The Morgan fingerprint density at radius 1 is 1.07 bits per heavy atom. The van der Waals surface area contributed by atoms with Crippen LogP contribution >= 0.6 is 11.3 Å². The highest BCUT2D eigenvalue weighted by Crippen LogP contribution is 2.19. The third-order valence-electron chi connectivity index (χ3n) is 2.52. The minimum atomic E-state index is -1.27. The number of hydrogen-bond acceptors (Lipinski definition) is 3. The zero-order valence-corrected chi connectivity index (χ0v) is 11.7. The van der Waals surface area contributed by atoms with Crippen molar-refractivity contribution in [1.82, 2.24) is 9.97 Å². The van der Waals surface area contributed by atoms with Crippen molar-refractivity contribution in [2.75, 3.05) is 0 Å². The van der Waals surface area contributed by atoms with E-state index in [1.165, 1.54) is 4.50 Å². The Bertz CT molecular complexity index is 511. The van der Waals surface area contributed by atoms with Crippen molar-refractivity contribution in [1.29, 1.82) is 0 Å². The van der Waals surface area contributed by atoms with Crippen LogP contribution in [0.3, 0.4) is 0 Å². The van der Waals surface area contributed by atoms with E-state index in [0.717, 1.165) is 22.4 Å². The molecule has 0 bridgehead atoms. The first-order valence-electron chi connectivity index (χ1n) is 5.12. The summed E-state index contributed by atoms with van der Waals surface area (Å²) in [7, 11) is -1.27. The van der Waals surface area contributed by atoms with Crippen LogP contribution in [0.4, 0.5) is 0 Å². The maximum absolute atomic E-state index is 4.68. The summed E-state index contributed by atoms with van der Waals surface area (Å²) in [6, 6.07) is 0. The first kappa shape index (κ1) is 10.8. The summed E-state index contributed by atoms with van der Waals surface area (Å²) in [4.78, 5) is 9.26. The predicted octanol–water partition coefficient (Wildman–Crippen LogP) is 2.85. The Morgan fingerprint density at radius 2 is 1.67 bits per heavy atom. The van der Waals surface area contributed by atoms with Crippen LogP contribution in [-0.4, -0.2) is 18.0 Å². The van der Waals surface area contributed by atoms with E-state index in [2.05, 4.69) is 35.0 Å². The summed E-state index contributed by atoms with van der Waals surface area (Å²) in [6.45, 7) is 11.1. The molecule has 15 heavy (non-hydrogen) atoms. The summed E-state index contributed by atoms with van der Waals surface area (Å²) in [5.41, 5.74) is 4.31. The van der Waals surface area contributed by atoms with Gasteiger partial charge in [-0.1, -0.05) is 19.6 Å². The van der Waals surface area contributed by atoms with Crippen LogP contribution in [0.1, 0.15) is 11.4 Å². The molecule has 0 aliphatic carbocycles. The molecule has 2 rings (SSSR count). The van der Waals surface area contributed by atoms with Gasteiger partial charge in [-0.15, -0.1) is 11.3 Å². The number of nitrogens with zero attached hydrogens (tertiary/aromatic N) is 2. The van der Waals surface area contributed by atoms with Crippen molar-refractivity contribution in [2.24, 2.45) is 0 Å². The Morgan fingerprint density at radius 3 is 2.27 bits per heavy atom. The first-order chi connectivity index (χ1) is 6.89. The van der Waals surface area contributed by atoms with Gasteiger partial charge in [0.25, 0.3) is 0 Å². The molecule has 80 valence electrons. The first-order valence-corrected chi connectivity index (χ1v) is 9.50. The zero-order valence-electron chi connectivity index (χ0n) is 9.88. The molecule has 0 atom stereocenters. The van der Waals surface area contributed by atoms with Gasteiger partial charge in [0.1, 0.15) is 0 Å². The van der Waals surface area contributed by atoms with Gasteiger partial charge in [-0.05, 0) is 13.8 Å². The molecule has 0 radical (unpaired) electrons. The maximum atomic E-state index is 4.68. The minimum absolute atomic E-state index is 1.04. The highest BCUT2D eigenvalue weighted by atomic mass is 32.1. The summed E-state index contributed by atoms with van der Waals surface area (Å²) >= 11 is 1.82. The molecule has 2 aromatic rings. The molecule has 0 aromatic carbocycles. The Hall–Kier alpha value is -0.743. The molecule has 0 aliphatic rings. The monoisotopic (exact) mass is 236 g/mol. The lowest BCUT2D eigenvalue weighted by molar-refractivity contribution is 1.11. The average Bonchev–Trinajstić information content (AvgIpc) is 2.47. The van der Waals surface area contributed by atoms with Crippen LogP contribution < -0.4 is 4.50 Å². The molecular formula is C11H16N2SSi. The molecule has 4 heteroatoms. The second kappa shape index (κ2) is 3.38. The van der Waals surface area contributed by atoms with Gasteiger partial charge in [0.15, 0.2) is 0 Å². The van der Waals surface area contributed by atoms with Crippen LogP contribution in [0.2, 0.25) is 19.6 Å². The minimum Gasteiger partial charge on any atom is -0.249 e. The highest BCUT2D eigenvalue weighted by Gasteiger charge is 2.22. The van der Waals surface area contributed by atoms with Gasteiger partial charge >= 0.3 is 0 Å². The van der Waals surface area contributed by atoms with Crippen LogP contribution in [0.25, 0.3) is 11.0 Å². The normalized spacial score (nSPS) is 12.3. The molecule has 2 nitrogen and oxygen atoms in total. The Kier molecular flexibility index (Phi) is 2.43. The standard InChI is InChI=1S/C11H16N2SSi/c1-7-8(2)13-10-9(12-7)6-14-11(10)15(3,4)5/h6H,1-5H3. The molecule has 0 saturated heterocycles. The van der Waals surface area contributed by atoms with E-state index in [9.17, 15) is 0 Å². The van der Waals surface area contributed by atoms with Crippen molar-refractivity contribution in [2.45, 2.75) is 33.5 Å². The van der Waals surface area contributed by atoms with Crippen LogP contribution in [-0.2, 0) is 0 Å². The van der Waals surface area contributed by atoms with E-state index < -0.39 is 8.07 Å². The summed E-state index contributed by atoms with van der Waals surface area (Å²) < 4.78 is 1.47. The molecule has 2 heterocycles. The Balaban J connectivity index is 2.75. The molecule has 0 aliphatic heterocycles. The van der Waals surface area contributed by atoms with Crippen LogP contribution in [0, 0.1) is 13.8 Å². The van der Waals surface area contributed by atoms with E-state index in [1.807, 2.05) is 25.2 Å². The summed E-state index contributed by atoms with van der Waals surface area (Å²) in [6.07, 6.45) is 0. The largest absolute Gasteiger partial charge is 0.249 e. The van der Waals surface area contributed by atoms with Gasteiger partial charge in [-0.3, -0.25) is 0 Å². The van der Waals surface area contributed by atoms with Crippen molar-refractivity contribution < 1.29 is 0 Å². The quantitative estimate of drug-likeness (QED) is 0.712. The summed E-state index contributed by atoms with van der Waals surface area (Å²) in [5.74, 6) is 0. The van der Waals surface area contributed by atoms with E-state index >= 15 is 0 Å². The molecule has 0 saturated carbocycles.